The number of thiophene rings is 1. The van der Waals surface area contributed by atoms with Crippen LogP contribution < -0.4 is 5.32 Å². The predicted octanol–water partition coefficient (Wildman–Crippen LogP) is 4.26. The Bertz CT molecular complexity index is 463. The van der Waals surface area contributed by atoms with Crippen LogP contribution in [0.5, 0.6) is 0 Å². The lowest BCUT2D eigenvalue weighted by molar-refractivity contribution is 0.553. The van der Waals surface area contributed by atoms with Crippen molar-refractivity contribution in [3.63, 3.8) is 0 Å². The molecule has 0 fully saturated rings. The summed E-state index contributed by atoms with van der Waals surface area (Å²) < 4.78 is 0. The first-order valence-corrected chi connectivity index (χ1v) is 6.78. The van der Waals surface area contributed by atoms with Gasteiger partial charge < -0.3 is 5.32 Å². The molecule has 1 N–H and O–H groups in total. The summed E-state index contributed by atoms with van der Waals surface area (Å²) in [5.41, 5.74) is 2.18. The van der Waals surface area contributed by atoms with Gasteiger partial charge in [-0.05, 0) is 36.4 Å². The molecule has 0 radical (unpaired) electrons. The van der Waals surface area contributed by atoms with Crippen molar-refractivity contribution in [3.05, 3.63) is 46.4 Å². The SMILES string of the molecule is Cc1ncccc1NC(c1cccs1)C(C)C. The largest absolute Gasteiger partial charge is 0.376 e. The highest BCUT2D eigenvalue weighted by Crippen LogP contribution is 2.30. The summed E-state index contributed by atoms with van der Waals surface area (Å²) in [5.74, 6) is 0.549. The summed E-state index contributed by atoms with van der Waals surface area (Å²) in [6.07, 6.45) is 1.83. The van der Waals surface area contributed by atoms with Crippen LogP contribution in [0.25, 0.3) is 0 Å². The van der Waals surface area contributed by atoms with E-state index in [2.05, 4.69) is 47.7 Å². The molecule has 0 spiro atoms. The van der Waals surface area contributed by atoms with E-state index in [0.29, 0.717) is 12.0 Å². The van der Waals surface area contributed by atoms with Gasteiger partial charge in [0.2, 0.25) is 0 Å². The van der Waals surface area contributed by atoms with Gasteiger partial charge in [-0.25, -0.2) is 0 Å². The molecule has 0 bridgehead atoms. The summed E-state index contributed by atoms with van der Waals surface area (Å²) in [6.45, 7) is 6.51. The molecule has 17 heavy (non-hydrogen) atoms. The predicted molar refractivity (Wildman–Crippen MR) is 74.5 cm³/mol. The standard InChI is InChI=1S/C14H18N2S/c1-10(2)14(13-7-5-9-17-13)16-12-6-4-8-15-11(12)3/h4-10,14,16H,1-3H3. The smallest absolute Gasteiger partial charge is 0.0630 e. The zero-order chi connectivity index (χ0) is 12.3. The lowest BCUT2D eigenvalue weighted by Crippen LogP contribution is -2.16. The fraction of sp³-hybridized carbons (Fsp3) is 0.357. The first kappa shape index (κ1) is 12.1. The molecule has 0 saturated heterocycles. The number of pyridine rings is 1. The monoisotopic (exact) mass is 246 g/mol. The number of aryl methyl sites for hydroxylation is 1. The Morgan fingerprint density at radius 3 is 2.65 bits per heavy atom. The van der Waals surface area contributed by atoms with Crippen molar-refractivity contribution in [2.75, 3.05) is 5.32 Å². The molecule has 2 rings (SSSR count). The Labute approximate surface area is 107 Å². The highest BCUT2D eigenvalue weighted by Gasteiger charge is 2.17. The maximum atomic E-state index is 4.31. The molecule has 0 amide bonds. The minimum Gasteiger partial charge on any atom is -0.376 e. The quantitative estimate of drug-likeness (QED) is 0.872. The minimum atomic E-state index is 0.359. The normalized spacial score (nSPS) is 12.7. The number of aromatic nitrogens is 1. The zero-order valence-corrected chi connectivity index (χ0v) is 11.3. The maximum Gasteiger partial charge on any atom is 0.0630 e. The van der Waals surface area contributed by atoms with E-state index in [1.54, 1.807) is 11.3 Å². The van der Waals surface area contributed by atoms with Crippen LogP contribution in [0.15, 0.2) is 35.8 Å². The van der Waals surface area contributed by atoms with Gasteiger partial charge in [-0.1, -0.05) is 19.9 Å². The van der Waals surface area contributed by atoms with E-state index >= 15 is 0 Å². The van der Waals surface area contributed by atoms with Gasteiger partial charge in [0, 0.05) is 11.1 Å². The lowest BCUT2D eigenvalue weighted by Gasteiger charge is -2.23. The van der Waals surface area contributed by atoms with Crippen molar-refractivity contribution in [3.8, 4) is 0 Å². The molecule has 2 heterocycles. The summed E-state index contributed by atoms with van der Waals surface area (Å²) in [6, 6.07) is 8.71. The van der Waals surface area contributed by atoms with Gasteiger partial charge >= 0.3 is 0 Å². The minimum absolute atomic E-state index is 0.359. The van der Waals surface area contributed by atoms with Crippen LogP contribution in [0.1, 0.15) is 30.5 Å². The number of hydrogen-bond acceptors (Lipinski definition) is 3. The van der Waals surface area contributed by atoms with E-state index in [9.17, 15) is 0 Å². The maximum absolute atomic E-state index is 4.31. The van der Waals surface area contributed by atoms with Gasteiger partial charge in [-0.15, -0.1) is 11.3 Å². The highest BCUT2D eigenvalue weighted by molar-refractivity contribution is 7.10. The van der Waals surface area contributed by atoms with Crippen LogP contribution in [0, 0.1) is 12.8 Å². The highest BCUT2D eigenvalue weighted by atomic mass is 32.1. The van der Waals surface area contributed by atoms with Crippen molar-refractivity contribution >= 4 is 17.0 Å². The second kappa shape index (κ2) is 5.32. The van der Waals surface area contributed by atoms with E-state index in [1.165, 1.54) is 4.88 Å². The third-order valence-corrected chi connectivity index (χ3v) is 3.79. The molecule has 2 aromatic rings. The lowest BCUT2D eigenvalue weighted by atomic mass is 10.0. The molecule has 0 saturated carbocycles. The zero-order valence-electron chi connectivity index (χ0n) is 10.5. The number of rotatable bonds is 4. The number of hydrogen-bond donors (Lipinski definition) is 1. The molecule has 1 unspecified atom stereocenters. The van der Waals surface area contributed by atoms with Crippen molar-refractivity contribution in [2.45, 2.75) is 26.8 Å². The molecule has 2 aromatic heterocycles. The van der Waals surface area contributed by atoms with Gasteiger partial charge in [0.05, 0.1) is 17.4 Å². The molecule has 1 atom stereocenters. The average Bonchev–Trinajstić information content (AvgIpc) is 2.81. The van der Waals surface area contributed by atoms with E-state index in [-0.39, 0.29) is 0 Å². The number of nitrogens with one attached hydrogen (secondary N) is 1. The Hall–Kier alpha value is -1.35. The molecule has 0 aliphatic carbocycles. The molecule has 2 nitrogen and oxygen atoms in total. The van der Waals surface area contributed by atoms with Gasteiger partial charge in [0.15, 0.2) is 0 Å². The van der Waals surface area contributed by atoms with Gasteiger partial charge in [-0.2, -0.15) is 0 Å². The van der Waals surface area contributed by atoms with Crippen molar-refractivity contribution in [2.24, 2.45) is 5.92 Å². The Kier molecular flexibility index (Phi) is 3.79. The van der Waals surface area contributed by atoms with Gasteiger partial charge in [0.25, 0.3) is 0 Å². The summed E-state index contributed by atoms with van der Waals surface area (Å²) in [4.78, 5) is 5.69. The first-order valence-electron chi connectivity index (χ1n) is 5.90. The number of nitrogens with zero attached hydrogens (tertiary/aromatic N) is 1. The van der Waals surface area contributed by atoms with E-state index in [0.717, 1.165) is 11.4 Å². The topological polar surface area (TPSA) is 24.9 Å². The average molecular weight is 246 g/mol. The molecule has 0 aliphatic rings. The van der Waals surface area contributed by atoms with Crippen LogP contribution in [-0.4, -0.2) is 4.98 Å². The van der Waals surface area contributed by atoms with E-state index in [4.69, 9.17) is 0 Å². The Morgan fingerprint density at radius 1 is 1.24 bits per heavy atom. The molecular formula is C14H18N2S. The van der Waals surface area contributed by atoms with Gasteiger partial charge in [0.1, 0.15) is 0 Å². The summed E-state index contributed by atoms with van der Waals surface area (Å²) in [7, 11) is 0. The van der Waals surface area contributed by atoms with Crippen LogP contribution in [0.2, 0.25) is 0 Å². The molecule has 0 aliphatic heterocycles. The molecule has 3 heteroatoms. The fourth-order valence-electron chi connectivity index (χ4n) is 1.84. The van der Waals surface area contributed by atoms with E-state index in [1.807, 2.05) is 19.2 Å². The van der Waals surface area contributed by atoms with Crippen LogP contribution in [0.4, 0.5) is 5.69 Å². The second-order valence-electron chi connectivity index (χ2n) is 4.52. The molecule has 0 aromatic carbocycles. The molecule has 90 valence electrons. The summed E-state index contributed by atoms with van der Waals surface area (Å²) >= 11 is 1.80. The third-order valence-electron chi connectivity index (χ3n) is 2.83. The third kappa shape index (κ3) is 2.86. The number of anilines is 1. The van der Waals surface area contributed by atoms with Crippen molar-refractivity contribution in [1.29, 1.82) is 0 Å². The van der Waals surface area contributed by atoms with E-state index < -0.39 is 0 Å². The Balaban J connectivity index is 2.23. The van der Waals surface area contributed by atoms with Crippen molar-refractivity contribution in [1.82, 2.24) is 4.98 Å². The first-order chi connectivity index (χ1) is 8.18. The Morgan fingerprint density at radius 2 is 2.06 bits per heavy atom. The molecular weight excluding hydrogens is 228 g/mol. The van der Waals surface area contributed by atoms with Crippen LogP contribution in [-0.2, 0) is 0 Å². The summed E-state index contributed by atoms with van der Waals surface area (Å²) in [5, 5.41) is 5.72. The van der Waals surface area contributed by atoms with Crippen LogP contribution in [0.3, 0.4) is 0 Å². The van der Waals surface area contributed by atoms with Gasteiger partial charge in [-0.3, -0.25) is 4.98 Å². The fourth-order valence-corrected chi connectivity index (χ4v) is 2.79. The second-order valence-corrected chi connectivity index (χ2v) is 5.50. The van der Waals surface area contributed by atoms with Crippen LogP contribution >= 0.6 is 11.3 Å². The van der Waals surface area contributed by atoms with Crippen molar-refractivity contribution < 1.29 is 0 Å².